The molecule has 1 fully saturated rings. The number of tetrazole rings is 1. The predicted octanol–water partition coefficient (Wildman–Crippen LogP) is 6.59. The lowest BCUT2D eigenvalue weighted by Crippen LogP contribution is -2.54. The van der Waals surface area contributed by atoms with Crippen molar-refractivity contribution >= 4 is 29.6 Å². The second kappa shape index (κ2) is 16.8. The normalized spacial score (nSPS) is 24.8. The monoisotopic (exact) mass is 889 g/mol. The van der Waals surface area contributed by atoms with E-state index in [9.17, 15) is 4.79 Å². The first-order valence-corrected chi connectivity index (χ1v) is 22.5. The lowest BCUT2D eigenvalue weighted by atomic mass is 9.75. The Labute approximate surface area is 387 Å². The van der Waals surface area contributed by atoms with Crippen molar-refractivity contribution in [1.82, 2.24) is 35.3 Å². The molecule has 2 unspecified atom stereocenters. The van der Waals surface area contributed by atoms with E-state index in [4.69, 9.17) is 19.5 Å². The molecule has 11 rings (SSSR count). The molecule has 6 aromatic rings. The molecular weight excluding hydrogens is 843 g/mol. The number of hydrogen-bond donors (Lipinski definition) is 1. The molecule has 4 amide bonds. The number of aryl methyl sites for hydroxylation is 1. The van der Waals surface area contributed by atoms with Gasteiger partial charge in [-0.2, -0.15) is 0 Å². The maximum Gasteiger partial charge on any atom is 0.324 e. The van der Waals surface area contributed by atoms with E-state index in [1.807, 2.05) is 138 Å². The number of aromatic nitrogens is 4. The fourth-order valence-corrected chi connectivity index (χ4v) is 10.4. The summed E-state index contributed by atoms with van der Waals surface area (Å²) < 4.78 is 15.4. The van der Waals surface area contributed by atoms with Crippen molar-refractivity contribution in [2.45, 2.75) is 49.2 Å². The minimum absolute atomic E-state index is 0.0290. The largest absolute Gasteiger partial charge is 0.470 e. The van der Waals surface area contributed by atoms with Gasteiger partial charge in [-0.15, -0.1) is 5.10 Å². The smallest absolute Gasteiger partial charge is 0.324 e. The van der Waals surface area contributed by atoms with Crippen molar-refractivity contribution in [3.8, 4) is 11.1 Å². The van der Waals surface area contributed by atoms with Crippen LogP contribution in [0.15, 0.2) is 168 Å². The number of ether oxygens (including phenoxy) is 2. The van der Waals surface area contributed by atoms with Gasteiger partial charge in [0.2, 0.25) is 11.8 Å². The third-order valence-electron chi connectivity index (χ3n) is 13.7. The summed E-state index contributed by atoms with van der Waals surface area (Å²) in [6.45, 7) is 0.670. The third kappa shape index (κ3) is 7.29. The van der Waals surface area contributed by atoms with Crippen LogP contribution >= 0.6 is 0 Å². The van der Waals surface area contributed by atoms with E-state index in [-0.39, 0.29) is 43.7 Å². The molecule has 4 aliphatic heterocycles. The predicted molar refractivity (Wildman–Crippen MR) is 250 cm³/mol. The van der Waals surface area contributed by atoms with Gasteiger partial charge in [-0.25, -0.2) is 19.5 Å². The van der Waals surface area contributed by atoms with Gasteiger partial charge < -0.3 is 19.7 Å². The average molecular weight is 890 g/mol. The Kier molecular flexibility index (Phi) is 10.4. The highest BCUT2D eigenvalue weighted by Gasteiger charge is 2.60. The van der Waals surface area contributed by atoms with Crippen LogP contribution in [-0.4, -0.2) is 90.4 Å². The van der Waals surface area contributed by atoms with E-state index < -0.39 is 35.2 Å². The second-order valence-electron chi connectivity index (χ2n) is 17.8. The zero-order chi connectivity index (χ0) is 45.7. The summed E-state index contributed by atoms with van der Waals surface area (Å²) in [5.41, 5.74) is 3.69. The molecule has 1 N–H and O–H groups in total. The minimum Gasteiger partial charge on any atom is -0.470 e. The average Bonchev–Trinajstić information content (AvgIpc) is 4.06. The molecule has 14 heteroatoms. The van der Waals surface area contributed by atoms with Gasteiger partial charge in [0.25, 0.3) is 11.8 Å². The lowest BCUT2D eigenvalue weighted by molar-refractivity contribution is -0.139. The number of rotatable bonds is 9. The van der Waals surface area contributed by atoms with E-state index in [2.05, 4.69) is 45.1 Å². The maximum absolute atomic E-state index is 15.5. The second-order valence-corrected chi connectivity index (χ2v) is 17.8. The number of allylic oxidation sites excluding steroid dienone is 2. The van der Waals surface area contributed by atoms with Gasteiger partial charge in [0.1, 0.15) is 6.10 Å². The van der Waals surface area contributed by atoms with Crippen LogP contribution < -0.4 is 5.32 Å². The van der Waals surface area contributed by atoms with E-state index in [1.165, 1.54) is 11.9 Å². The van der Waals surface area contributed by atoms with Gasteiger partial charge in [-0.05, 0) is 68.6 Å². The molecule has 5 aromatic carbocycles. The van der Waals surface area contributed by atoms with Crippen LogP contribution in [-0.2, 0) is 52.0 Å². The first-order valence-electron chi connectivity index (χ1n) is 22.5. The quantitative estimate of drug-likeness (QED) is 0.171. The molecular formula is C53H47N9O5. The number of imide groups is 1. The number of fused-ring (bicyclic) bond motifs is 6. The number of hydrogen-bond acceptors (Lipinski definition) is 10. The molecule has 5 heterocycles. The SMILES string of the molecule is CNC(=O)N1Cc2ccc(-c3cccc(C[C@]45N=C(c6ccccc6)O[C@H]4C4C=CC=CC4CN(Cc4nnnn4C)C5=O)c3)cc2[C@@H]2OC(c3ccccc3)=N[C@]2(Cc2ccccc2)C1=O. The molecule has 0 spiro atoms. The van der Waals surface area contributed by atoms with Crippen molar-refractivity contribution in [2.75, 3.05) is 13.6 Å². The lowest BCUT2D eigenvalue weighted by Gasteiger charge is -2.34. The third-order valence-corrected chi connectivity index (χ3v) is 13.7. The maximum atomic E-state index is 15.5. The molecule has 67 heavy (non-hydrogen) atoms. The highest BCUT2D eigenvalue weighted by atomic mass is 16.5. The van der Waals surface area contributed by atoms with Crippen LogP contribution in [0.1, 0.15) is 45.3 Å². The highest BCUT2D eigenvalue weighted by Crippen LogP contribution is 2.48. The van der Waals surface area contributed by atoms with Gasteiger partial charge in [-0.3, -0.25) is 14.5 Å². The number of likely N-dealkylation sites (tertiary alicyclic amines) is 1. The van der Waals surface area contributed by atoms with Crippen LogP contribution in [0.25, 0.3) is 11.1 Å². The standard InChI is InChI=1S/C53H47N9O5/c1-54-51(65)62-32-41-26-25-39(28-43(41)46-53(50(62)64,29-34-15-6-3-7-16-34)56-48(67-46)37-20-10-5-11-21-37)38-23-14-17-35(27-38)30-52-45(66-47(55-52)36-18-8-4-9-19-36)42-24-13-12-22-40(42)31-61(49(52)63)33-44-57-58-59-60(44)2/h3-28,40,42,45-46H,29-33H2,1-2H3,(H,54,65)/t40?,42?,45-,46-,52-,53-/m0/s1. The van der Waals surface area contributed by atoms with Crippen molar-refractivity contribution < 1.29 is 23.9 Å². The Balaban J connectivity index is 1.02. The minimum atomic E-state index is -1.51. The number of nitrogens with zero attached hydrogens (tertiary/aromatic N) is 8. The van der Waals surface area contributed by atoms with E-state index in [1.54, 1.807) is 11.7 Å². The molecule has 14 nitrogen and oxygen atoms in total. The molecule has 5 aliphatic rings. The molecule has 1 aliphatic carbocycles. The zero-order valence-electron chi connectivity index (χ0n) is 37.0. The summed E-state index contributed by atoms with van der Waals surface area (Å²) in [6.07, 6.45) is 7.31. The van der Waals surface area contributed by atoms with Gasteiger partial charge in [0.05, 0.1) is 13.1 Å². The highest BCUT2D eigenvalue weighted by molar-refractivity contribution is 6.06. The molecule has 1 aromatic heterocycles. The van der Waals surface area contributed by atoms with Crippen LogP contribution in [0.2, 0.25) is 0 Å². The summed E-state index contributed by atoms with van der Waals surface area (Å²) in [5, 5.41) is 14.9. The number of amides is 4. The number of nitrogens with one attached hydrogen (secondary N) is 1. The van der Waals surface area contributed by atoms with Gasteiger partial charge in [-0.1, -0.05) is 127 Å². The van der Waals surface area contributed by atoms with Crippen molar-refractivity contribution in [3.05, 3.63) is 197 Å². The fraction of sp³-hybridized carbons (Fsp3) is 0.245. The summed E-state index contributed by atoms with van der Waals surface area (Å²) >= 11 is 0. The number of aliphatic imine (C=N–C) groups is 2. The topological polar surface area (TPSA) is 156 Å². The number of benzene rings is 5. The number of urea groups is 1. The first-order chi connectivity index (χ1) is 32.7. The Morgan fingerprint density at radius 2 is 1.36 bits per heavy atom. The Hall–Kier alpha value is -8.00. The van der Waals surface area contributed by atoms with Crippen LogP contribution in [0, 0.1) is 11.8 Å². The molecule has 334 valence electrons. The van der Waals surface area contributed by atoms with Crippen molar-refractivity contribution in [3.63, 3.8) is 0 Å². The number of carbonyl (C=O) groups is 3. The van der Waals surface area contributed by atoms with Crippen LogP contribution in [0.4, 0.5) is 4.79 Å². The number of carbonyl (C=O) groups excluding carboxylic acids is 3. The van der Waals surface area contributed by atoms with Crippen molar-refractivity contribution in [1.29, 1.82) is 0 Å². The fourth-order valence-electron chi connectivity index (χ4n) is 10.4. The van der Waals surface area contributed by atoms with E-state index >= 15 is 9.59 Å². The van der Waals surface area contributed by atoms with E-state index in [0.717, 1.165) is 44.5 Å². The molecule has 0 radical (unpaired) electrons. The van der Waals surface area contributed by atoms with Crippen LogP contribution in [0.5, 0.6) is 0 Å². The van der Waals surface area contributed by atoms with Gasteiger partial charge >= 0.3 is 6.03 Å². The molecule has 0 bridgehead atoms. The summed E-state index contributed by atoms with van der Waals surface area (Å²) in [7, 11) is 3.29. The van der Waals surface area contributed by atoms with Crippen LogP contribution in [0.3, 0.4) is 0 Å². The Morgan fingerprint density at radius 3 is 2.07 bits per heavy atom. The Morgan fingerprint density at radius 1 is 0.716 bits per heavy atom. The van der Waals surface area contributed by atoms with Gasteiger partial charge in [0.15, 0.2) is 23.0 Å². The summed E-state index contributed by atoms with van der Waals surface area (Å²) in [5.74, 6) is 0.518. The first kappa shape index (κ1) is 41.7. The zero-order valence-corrected chi connectivity index (χ0v) is 37.0. The summed E-state index contributed by atoms with van der Waals surface area (Å²) in [6, 6.07) is 42.7. The van der Waals surface area contributed by atoms with Gasteiger partial charge in [0, 0.05) is 62.0 Å². The van der Waals surface area contributed by atoms with E-state index in [0.29, 0.717) is 24.2 Å². The molecule has 0 saturated carbocycles. The van der Waals surface area contributed by atoms with Crippen molar-refractivity contribution in [2.24, 2.45) is 28.9 Å². The molecule has 1 saturated heterocycles. The molecule has 6 atom stereocenters. The Bertz CT molecular complexity index is 3020. The summed E-state index contributed by atoms with van der Waals surface area (Å²) in [4.78, 5) is 57.8.